The van der Waals surface area contributed by atoms with E-state index in [1.807, 2.05) is 0 Å². The summed E-state index contributed by atoms with van der Waals surface area (Å²) in [5, 5.41) is 0. The molecule has 0 aromatic rings. The molecule has 6 saturated carbocycles. The van der Waals surface area contributed by atoms with E-state index in [9.17, 15) is 4.79 Å². The molecule has 4 heteroatoms. The van der Waals surface area contributed by atoms with Gasteiger partial charge in [0.15, 0.2) is 5.79 Å². The second-order valence-electron chi connectivity index (χ2n) is 6.63. The fourth-order valence-corrected chi connectivity index (χ4v) is 7.26. The smallest absolute Gasteiger partial charge is 0.312 e. The number of esters is 1. The van der Waals surface area contributed by atoms with Crippen molar-refractivity contribution in [1.82, 2.24) is 0 Å². The zero-order valence-electron chi connectivity index (χ0n) is 9.59. The Hall–Kier alpha value is -0.610. The molecule has 8 atom stereocenters. The molecule has 0 radical (unpaired) electrons. The lowest BCUT2D eigenvalue weighted by Crippen LogP contribution is -2.90. The van der Waals surface area contributed by atoms with E-state index in [1.165, 1.54) is 7.11 Å². The molecule has 0 amide bonds. The molecule has 0 aromatic carbocycles. The number of hydrogen-bond acceptors (Lipinski definition) is 4. The minimum absolute atomic E-state index is 0.0507. The first kappa shape index (κ1) is 8.48. The Morgan fingerprint density at radius 3 is 2.29 bits per heavy atom. The second kappa shape index (κ2) is 1.95. The van der Waals surface area contributed by atoms with Gasteiger partial charge in [0.2, 0.25) is 0 Å². The number of ether oxygens (including phenoxy) is 3. The fourth-order valence-electron chi connectivity index (χ4n) is 7.26. The third-order valence-corrected chi connectivity index (χ3v) is 7.12. The summed E-state index contributed by atoms with van der Waals surface area (Å²) in [5.74, 6) is 4.01. The third kappa shape index (κ3) is 0.449. The van der Waals surface area contributed by atoms with E-state index in [4.69, 9.17) is 14.2 Å². The Kier molecular flexibility index (Phi) is 0.975. The van der Waals surface area contributed by atoms with Crippen LogP contribution in [-0.2, 0) is 19.0 Å². The van der Waals surface area contributed by atoms with Crippen molar-refractivity contribution in [1.29, 1.82) is 0 Å². The summed E-state index contributed by atoms with van der Waals surface area (Å²) < 4.78 is 17.0. The van der Waals surface area contributed by atoms with Gasteiger partial charge in [-0.05, 0) is 29.6 Å². The maximum atomic E-state index is 12.0. The standard InChI is InChI=1S/C13H14O4/c1-15-11(14)12-6-4-7-5(6)9(12)10(8(4)12)13(7)16-2-3-17-13/h4-10H,2-3H2,1H3/t4-,5+,6?,7?,8-,9-,10?,12?/m1/s1. The van der Waals surface area contributed by atoms with Crippen LogP contribution >= 0.6 is 0 Å². The van der Waals surface area contributed by atoms with Crippen LogP contribution in [-0.4, -0.2) is 32.1 Å². The molecular weight excluding hydrogens is 220 g/mol. The minimum Gasteiger partial charge on any atom is -0.469 e. The summed E-state index contributed by atoms with van der Waals surface area (Å²) in [6, 6.07) is 0. The third-order valence-electron chi connectivity index (χ3n) is 7.12. The summed E-state index contributed by atoms with van der Waals surface area (Å²) in [4.78, 5) is 12.0. The molecule has 1 heterocycles. The Morgan fingerprint density at radius 1 is 1.06 bits per heavy atom. The van der Waals surface area contributed by atoms with Crippen LogP contribution in [0.4, 0.5) is 0 Å². The van der Waals surface area contributed by atoms with Crippen molar-refractivity contribution in [3.63, 3.8) is 0 Å². The zero-order chi connectivity index (χ0) is 11.2. The van der Waals surface area contributed by atoms with Gasteiger partial charge in [-0.3, -0.25) is 4.79 Å². The molecule has 0 aromatic heterocycles. The van der Waals surface area contributed by atoms with Crippen molar-refractivity contribution in [3.8, 4) is 0 Å². The lowest BCUT2D eigenvalue weighted by atomic mass is 9.13. The molecule has 17 heavy (non-hydrogen) atoms. The second-order valence-corrected chi connectivity index (χ2v) is 6.63. The topological polar surface area (TPSA) is 44.8 Å². The van der Waals surface area contributed by atoms with Gasteiger partial charge in [-0.2, -0.15) is 0 Å². The van der Waals surface area contributed by atoms with E-state index in [0.29, 0.717) is 41.4 Å². The molecule has 90 valence electrons. The van der Waals surface area contributed by atoms with E-state index in [1.54, 1.807) is 0 Å². The summed E-state index contributed by atoms with van der Waals surface area (Å²) in [7, 11) is 1.53. The van der Waals surface area contributed by atoms with Gasteiger partial charge in [-0.1, -0.05) is 0 Å². The molecule has 1 spiro atoms. The highest BCUT2D eigenvalue weighted by atomic mass is 16.7. The lowest BCUT2D eigenvalue weighted by Gasteiger charge is -2.88. The van der Waals surface area contributed by atoms with Gasteiger partial charge < -0.3 is 14.2 Å². The maximum absolute atomic E-state index is 12.0. The van der Waals surface area contributed by atoms with Crippen molar-refractivity contribution < 1.29 is 19.0 Å². The number of hydrogen-bond donors (Lipinski definition) is 0. The van der Waals surface area contributed by atoms with Crippen LogP contribution in [0.3, 0.4) is 0 Å². The molecule has 4 unspecified atom stereocenters. The summed E-state index contributed by atoms with van der Waals surface area (Å²) in [5.41, 5.74) is -0.0793. The van der Waals surface area contributed by atoms with Crippen LogP contribution in [0.5, 0.6) is 0 Å². The molecule has 6 aliphatic carbocycles. The zero-order valence-corrected chi connectivity index (χ0v) is 9.59. The highest BCUT2D eigenvalue weighted by molar-refractivity contribution is 5.86. The summed E-state index contributed by atoms with van der Waals surface area (Å²) in [6.45, 7) is 1.48. The van der Waals surface area contributed by atoms with Gasteiger partial charge in [0.1, 0.15) is 0 Å². The average molecular weight is 234 g/mol. The normalized spacial score (nSPS) is 68.9. The Morgan fingerprint density at radius 2 is 1.71 bits per heavy atom. The van der Waals surface area contributed by atoms with E-state index in [-0.39, 0.29) is 17.2 Å². The van der Waals surface area contributed by atoms with E-state index in [0.717, 1.165) is 13.2 Å². The monoisotopic (exact) mass is 234 g/mol. The molecule has 1 aliphatic heterocycles. The molecule has 0 N–H and O–H groups in total. The predicted octanol–water partition coefficient (Wildman–Crippen LogP) is 0.270. The van der Waals surface area contributed by atoms with Crippen LogP contribution < -0.4 is 0 Å². The van der Waals surface area contributed by atoms with E-state index >= 15 is 0 Å². The summed E-state index contributed by atoms with van der Waals surface area (Å²) in [6.07, 6.45) is 0. The van der Waals surface area contributed by atoms with Gasteiger partial charge in [-0.25, -0.2) is 0 Å². The van der Waals surface area contributed by atoms with Crippen LogP contribution in [0.1, 0.15) is 0 Å². The first-order valence-corrected chi connectivity index (χ1v) is 6.66. The maximum Gasteiger partial charge on any atom is 0.312 e. The van der Waals surface area contributed by atoms with Gasteiger partial charge >= 0.3 is 5.97 Å². The van der Waals surface area contributed by atoms with Crippen molar-refractivity contribution in [2.75, 3.05) is 20.3 Å². The highest BCUT2D eigenvalue weighted by Gasteiger charge is 3.06. The SMILES string of the molecule is COC(=O)C12C3[C@H]4C5[C@@H]3[C@@H]1C([C@@H]42)C51OCCO1. The molecular formula is C13H14O4. The molecule has 7 fully saturated rings. The van der Waals surface area contributed by atoms with E-state index in [2.05, 4.69) is 0 Å². The largest absolute Gasteiger partial charge is 0.469 e. The number of rotatable bonds is 1. The molecule has 7 aliphatic rings. The Labute approximate surface area is 98.6 Å². The van der Waals surface area contributed by atoms with Crippen LogP contribution in [0, 0.1) is 46.8 Å². The molecule has 1 saturated heterocycles. The lowest BCUT2D eigenvalue weighted by molar-refractivity contribution is -0.430. The van der Waals surface area contributed by atoms with Crippen molar-refractivity contribution in [2.45, 2.75) is 5.79 Å². The molecule has 7 rings (SSSR count). The Balaban J connectivity index is 1.50. The van der Waals surface area contributed by atoms with Gasteiger partial charge in [-0.15, -0.1) is 0 Å². The number of carbonyl (C=O) groups is 1. The first-order chi connectivity index (χ1) is 8.30. The summed E-state index contributed by atoms with van der Waals surface area (Å²) >= 11 is 0. The number of carbonyl (C=O) groups excluding carboxylic acids is 1. The average Bonchev–Trinajstić information content (AvgIpc) is 2.85. The van der Waals surface area contributed by atoms with Crippen LogP contribution in [0.25, 0.3) is 0 Å². The van der Waals surface area contributed by atoms with Crippen molar-refractivity contribution in [3.05, 3.63) is 0 Å². The molecule has 2 bridgehead atoms. The minimum atomic E-state index is -0.269. The van der Waals surface area contributed by atoms with Gasteiger partial charge in [0.25, 0.3) is 0 Å². The van der Waals surface area contributed by atoms with Crippen LogP contribution in [0.2, 0.25) is 0 Å². The van der Waals surface area contributed by atoms with Crippen molar-refractivity contribution in [2.24, 2.45) is 46.8 Å². The van der Waals surface area contributed by atoms with E-state index < -0.39 is 0 Å². The number of methoxy groups -OCH3 is 1. The predicted molar refractivity (Wildman–Crippen MR) is 53.5 cm³/mol. The Bertz CT molecular complexity index is 460. The van der Waals surface area contributed by atoms with Gasteiger partial charge in [0, 0.05) is 11.8 Å². The van der Waals surface area contributed by atoms with Gasteiger partial charge in [0.05, 0.1) is 25.7 Å². The fraction of sp³-hybridized carbons (Fsp3) is 0.923. The first-order valence-electron chi connectivity index (χ1n) is 6.66. The molecule has 4 nitrogen and oxygen atoms in total. The quantitative estimate of drug-likeness (QED) is 0.611. The van der Waals surface area contributed by atoms with Crippen molar-refractivity contribution >= 4 is 5.97 Å². The van der Waals surface area contributed by atoms with Crippen LogP contribution in [0.15, 0.2) is 0 Å². The highest BCUT2D eigenvalue weighted by Crippen LogP contribution is 3.02.